The minimum atomic E-state index is -0.582. The lowest BCUT2D eigenvalue weighted by Crippen LogP contribution is -2.43. The molecule has 0 saturated heterocycles. The summed E-state index contributed by atoms with van der Waals surface area (Å²) in [6.45, 7) is 2.23. The first-order valence-electron chi connectivity index (χ1n) is 20.5. The zero-order chi connectivity index (χ0) is 41.7. The molecule has 2 aliphatic heterocycles. The minimum absolute atomic E-state index is 0.0180. The summed E-state index contributed by atoms with van der Waals surface area (Å²) in [7, 11) is 0. The lowest BCUT2D eigenvalue weighted by molar-refractivity contribution is 0.0988. The number of H-pyrrole nitrogens is 2. The lowest BCUT2D eigenvalue weighted by atomic mass is 9.86. The summed E-state index contributed by atoms with van der Waals surface area (Å²) in [4.78, 5) is 30.3. The molecule has 4 aliphatic rings. The molecule has 10 nitrogen and oxygen atoms in total. The molecule has 0 radical (unpaired) electrons. The second kappa shape index (κ2) is 16.3. The fourth-order valence-electron chi connectivity index (χ4n) is 9.57. The maximum absolute atomic E-state index is 14.1. The Morgan fingerprint density at radius 2 is 1.10 bits per heavy atom. The summed E-state index contributed by atoms with van der Waals surface area (Å²) in [6, 6.07) is 15.0. The van der Waals surface area contributed by atoms with Crippen LogP contribution in [0.4, 0.5) is 17.6 Å². The molecule has 312 valence electrons. The monoisotopic (exact) mass is 822 g/mol. The number of aromatic amines is 2. The predicted octanol–water partition coefficient (Wildman–Crippen LogP) is 6.49. The molecule has 0 saturated carbocycles. The number of hydrogen-bond donors (Lipinski definition) is 6. The van der Waals surface area contributed by atoms with Crippen molar-refractivity contribution in [3.8, 4) is 11.5 Å². The molecular weight excluding hydrogens is 777 g/mol. The molecule has 2 aromatic heterocycles. The van der Waals surface area contributed by atoms with Gasteiger partial charge in [-0.3, -0.25) is 9.59 Å². The number of nitrogens with one attached hydrogen (secondary N) is 4. The molecule has 10 rings (SSSR count). The molecule has 4 aromatic carbocycles. The van der Waals surface area contributed by atoms with Gasteiger partial charge in [-0.05, 0) is 148 Å². The number of hydrogen-bond acceptors (Lipinski definition) is 6. The Hall–Kier alpha value is -5.86. The predicted molar refractivity (Wildman–Crippen MR) is 219 cm³/mol. The van der Waals surface area contributed by atoms with E-state index in [0.717, 1.165) is 73.4 Å². The van der Waals surface area contributed by atoms with Crippen molar-refractivity contribution in [3.05, 3.63) is 129 Å². The fraction of sp³-hybridized carbons (Fsp3) is 0.348. The van der Waals surface area contributed by atoms with Gasteiger partial charge in [-0.25, -0.2) is 17.6 Å². The first-order chi connectivity index (χ1) is 29.0. The normalized spacial score (nSPS) is 20.5. The Morgan fingerprint density at radius 1 is 0.600 bits per heavy atom. The molecule has 0 fully saturated rings. The van der Waals surface area contributed by atoms with E-state index >= 15 is 0 Å². The summed E-state index contributed by atoms with van der Waals surface area (Å²) in [6.07, 6.45) is 6.62. The van der Waals surface area contributed by atoms with Gasteiger partial charge in [-0.2, -0.15) is 0 Å². The standard InChI is InChI=1S/2C23H23F2N3O2/c24-13-2-6-21-17(8-13)16-7-12(1-5-20(16)28-21)10-27-14-9-18-15(23(26)29)3-4-19(25)22(18)30-11-14;24-13-2-6-20-17(8-13)15-3-1-12(7-21(15)28-20)10-27-14-9-18-16(23(26)29)4-5-19(25)22(18)30-11-14/h2-4,6,8,12,14,27-28H,1,5,7,9-11H2,(H2,26,29);2,4-6,8,12,14,27-28H,1,3,7,9-11H2,(H2,26,29). The Balaban J connectivity index is 0.000000154. The van der Waals surface area contributed by atoms with Gasteiger partial charge in [-0.15, -0.1) is 0 Å². The minimum Gasteiger partial charge on any atom is -0.489 e. The zero-order valence-electron chi connectivity index (χ0n) is 32.9. The number of nitrogens with two attached hydrogens (primary N) is 2. The molecular formula is C46H46F4N6O4. The first-order valence-corrected chi connectivity index (χ1v) is 20.5. The van der Waals surface area contributed by atoms with Crippen LogP contribution in [0, 0.1) is 35.1 Å². The summed E-state index contributed by atoms with van der Waals surface area (Å²) in [5.41, 5.74) is 19.3. The van der Waals surface area contributed by atoms with Crippen molar-refractivity contribution in [2.45, 2.75) is 63.5 Å². The zero-order valence-corrected chi connectivity index (χ0v) is 32.9. The van der Waals surface area contributed by atoms with Gasteiger partial charge in [0.25, 0.3) is 0 Å². The molecule has 0 bridgehead atoms. The molecule has 6 aromatic rings. The van der Waals surface area contributed by atoms with Gasteiger partial charge in [0.2, 0.25) is 11.8 Å². The average molecular weight is 823 g/mol. The number of carbonyl (C=O) groups excluding carboxylic acids is 2. The molecule has 8 N–H and O–H groups in total. The summed E-state index contributed by atoms with van der Waals surface area (Å²) < 4.78 is 66.7. The fourth-order valence-corrected chi connectivity index (χ4v) is 9.57. The van der Waals surface area contributed by atoms with Crippen LogP contribution in [0.1, 0.15) is 67.2 Å². The van der Waals surface area contributed by atoms with E-state index < -0.39 is 23.4 Å². The number of primary amides is 2. The number of ether oxygens (including phenoxy) is 2. The third kappa shape index (κ3) is 7.81. The second-order valence-electron chi connectivity index (χ2n) is 16.5. The summed E-state index contributed by atoms with van der Waals surface area (Å²) in [5, 5.41) is 8.98. The van der Waals surface area contributed by atoms with Gasteiger partial charge in [0.05, 0.1) is 0 Å². The van der Waals surface area contributed by atoms with E-state index in [1.54, 1.807) is 24.3 Å². The number of aryl methyl sites for hydroxylation is 2. The molecule has 4 unspecified atom stereocenters. The van der Waals surface area contributed by atoms with Crippen molar-refractivity contribution >= 4 is 33.6 Å². The Labute approximate surface area is 343 Å². The SMILES string of the molecule is NC(=O)c1ccc(F)c2c1CC(NCC1CCc3[nH]c4ccc(F)cc4c3C1)CO2.NC(=O)c1ccc(F)c2c1CC(NCC1CCc3c([nH]c4ccc(F)cc34)C1)CO2. The van der Waals surface area contributed by atoms with Crippen LogP contribution in [0.5, 0.6) is 11.5 Å². The van der Waals surface area contributed by atoms with E-state index in [2.05, 4.69) is 20.6 Å². The highest BCUT2D eigenvalue weighted by molar-refractivity contribution is 5.96. The van der Waals surface area contributed by atoms with E-state index in [0.29, 0.717) is 60.1 Å². The van der Waals surface area contributed by atoms with Gasteiger partial charge in [0, 0.05) is 67.5 Å². The van der Waals surface area contributed by atoms with E-state index in [1.165, 1.54) is 58.9 Å². The average Bonchev–Trinajstić information content (AvgIpc) is 3.79. The highest BCUT2D eigenvalue weighted by Gasteiger charge is 2.30. The summed E-state index contributed by atoms with van der Waals surface area (Å²) >= 11 is 0. The number of fused-ring (bicyclic) bond motifs is 8. The van der Waals surface area contributed by atoms with Crippen LogP contribution in [0.15, 0.2) is 60.7 Å². The molecule has 2 amide bonds. The van der Waals surface area contributed by atoms with Gasteiger partial charge in [-0.1, -0.05) is 0 Å². The van der Waals surface area contributed by atoms with Gasteiger partial charge in [0.1, 0.15) is 24.8 Å². The number of amides is 2. The van der Waals surface area contributed by atoms with E-state index in [1.807, 2.05) is 0 Å². The van der Waals surface area contributed by atoms with Crippen molar-refractivity contribution in [3.63, 3.8) is 0 Å². The van der Waals surface area contributed by atoms with Crippen LogP contribution in [-0.4, -0.2) is 60.2 Å². The molecule has 0 spiro atoms. The number of rotatable bonds is 8. The second-order valence-corrected chi connectivity index (χ2v) is 16.5. The number of benzene rings is 4. The third-order valence-electron chi connectivity index (χ3n) is 12.6. The van der Waals surface area contributed by atoms with Crippen molar-refractivity contribution < 1.29 is 36.6 Å². The van der Waals surface area contributed by atoms with Crippen LogP contribution >= 0.6 is 0 Å². The third-order valence-corrected chi connectivity index (χ3v) is 12.6. The van der Waals surface area contributed by atoms with Gasteiger partial charge < -0.3 is 41.5 Å². The van der Waals surface area contributed by atoms with Crippen molar-refractivity contribution in [1.29, 1.82) is 0 Å². The van der Waals surface area contributed by atoms with Crippen LogP contribution in [0.3, 0.4) is 0 Å². The van der Waals surface area contributed by atoms with Gasteiger partial charge >= 0.3 is 0 Å². The topological polar surface area (TPSA) is 160 Å². The quantitative estimate of drug-likeness (QED) is 0.0964. The highest BCUT2D eigenvalue weighted by atomic mass is 19.1. The lowest BCUT2D eigenvalue weighted by Gasteiger charge is -2.30. The number of aromatic nitrogens is 2. The van der Waals surface area contributed by atoms with Crippen molar-refractivity contribution in [1.82, 2.24) is 20.6 Å². The van der Waals surface area contributed by atoms with Crippen molar-refractivity contribution in [2.75, 3.05) is 26.3 Å². The van der Waals surface area contributed by atoms with E-state index in [9.17, 15) is 27.2 Å². The Morgan fingerprint density at radius 3 is 1.65 bits per heavy atom. The maximum atomic E-state index is 14.1. The number of carbonyl (C=O) groups is 2. The van der Waals surface area contributed by atoms with E-state index in [4.69, 9.17) is 20.9 Å². The molecule has 4 atom stereocenters. The number of halogens is 4. The molecule has 60 heavy (non-hydrogen) atoms. The van der Waals surface area contributed by atoms with Gasteiger partial charge in [0.15, 0.2) is 23.1 Å². The Bertz CT molecular complexity index is 2640. The molecule has 2 aliphatic carbocycles. The summed E-state index contributed by atoms with van der Waals surface area (Å²) in [5.74, 6) is -1.43. The maximum Gasteiger partial charge on any atom is 0.249 e. The molecule has 14 heteroatoms. The smallest absolute Gasteiger partial charge is 0.249 e. The largest absolute Gasteiger partial charge is 0.489 e. The van der Waals surface area contributed by atoms with Crippen molar-refractivity contribution in [2.24, 2.45) is 23.3 Å². The van der Waals surface area contributed by atoms with Crippen LogP contribution < -0.4 is 31.6 Å². The van der Waals surface area contributed by atoms with Crippen LogP contribution in [-0.2, 0) is 38.5 Å². The van der Waals surface area contributed by atoms with E-state index in [-0.39, 0.29) is 35.2 Å². The molecule has 4 heterocycles. The first kappa shape index (κ1) is 39.6. The van der Waals surface area contributed by atoms with Crippen LogP contribution in [0.2, 0.25) is 0 Å². The highest BCUT2D eigenvalue weighted by Crippen LogP contribution is 2.36. The Kier molecular flexibility index (Phi) is 10.8. The van der Waals surface area contributed by atoms with Crippen LogP contribution in [0.25, 0.3) is 21.8 Å².